The van der Waals surface area contributed by atoms with E-state index in [0.717, 1.165) is 11.3 Å². The lowest BCUT2D eigenvalue weighted by atomic mass is 10.0. The highest BCUT2D eigenvalue weighted by atomic mass is 19.1. The van der Waals surface area contributed by atoms with Gasteiger partial charge in [0.1, 0.15) is 17.4 Å². The smallest absolute Gasteiger partial charge is 0.337 e. The molecule has 0 unspecified atom stereocenters. The largest absolute Gasteiger partial charge is 0.465 e. The van der Waals surface area contributed by atoms with E-state index in [4.69, 9.17) is 0 Å². The highest BCUT2D eigenvalue weighted by molar-refractivity contribution is 5.89. The average molecular weight is 342 g/mol. The summed E-state index contributed by atoms with van der Waals surface area (Å²) in [5.74, 6) is -0.703. The second-order valence-corrected chi connectivity index (χ2v) is 5.32. The van der Waals surface area contributed by atoms with Crippen LogP contribution in [-0.4, -0.2) is 23.3 Å². The molecule has 2 rings (SSSR count). The van der Waals surface area contributed by atoms with Crippen molar-refractivity contribution in [3.8, 4) is 6.07 Å². The van der Waals surface area contributed by atoms with Gasteiger partial charge < -0.3 is 10.1 Å². The van der Waals surface area contributed by atoms with E-state index in [1.807, 2.05) is 13.8 Å². The van der Waals surface area contributed by atoms with Gasteiger partial charge in [0.05, 0.1) is 18.4 Å². The summed E-state index contributed by atoms with van der Waals surface area (Å²) in [6.45, 7) is 3.96. The fourth-order valence-electron chi connectivity index (χ4n) is 2.55. The van der Waals surface area contributed by atoms with Gasteiger partial charge in [-0.2, -0.15) is 10.4 Å². The lowest BCUT2D eigenvalue weighted by Gasteiger charge is -2.12. The number of carbonyl (C=O) groups is 1. The first-order chi connectivity index (χ1) is 12.0. The number of rotatable bonds is 6. The van der Waals surface area contributed by atoms with Crippen molar-refractivity contribution in [2.45, 2.75) is 33.2 Å². The molecule has 0 atom stereocenters. The van der Waals surface area contributed by atoms with E-state index in [-0.39, 0.29) is 17.7 Å². The van der Waals surface area contributed by atoms with E-state index in [0.29, 0.717) is 24.2 Å². The molecule has 0 aliphatic heterocycles. The maximum absolute atomic E-state index is 14.0. The molecule has 0 spiro atoms. The van der Waals surface area contributed by atoms with Crippen molar-refractivity contribution in [1.29, 1.82) is 5.26 Å². The molecule has 0 radical (unpaired) electrons. The average Bonchev–Trinajstić information content (AvgIpc) is 2.65. The number of hydrogen-bond donors (Lipinski definition) is 1. The normalized spacial score (nSPS) is 10.2. The zero-order chi connectivity index (χ0) is 18.4. The SMILES string of the molecule is CCc1nnc(NCc2cc(C(=O)OC)ccc2F)c(C#N)c1CC. The molecule has 0 amide bonds. The summed E-state index contributed by atoms with van der Waals surface area (Å²) in [6.07, 6.45) is 1.34. The van der Waals surface area contributed by atoms with Gasteiger partial charge in [0.25, 0.3) is 0 Å². The van der Waals surface area contributed by atoms with Crippen LogP contribution >= 0.6 is 0 Å². The van der Waals surface area contributed by atoms with E-state index in [1.165, 1.54) is 25.3 Å². The van der Waals surface area contributed by atoms with Gasteiger partial charge in [-0.25, -0.2) is 9.18 Å². The molecule has 0 aliphatic rings. The van der Waals surface area contributed by atoms with Gasteiger partial charge in [0, 0.05) is 12.1 Å². The number of anilines is 1. The quantitative estimate of drug-likeness (QED) is 0.812. The number of benzene rings is 1. The third-order valence-corrected chi connectivity index (χ3v) is 3.87. The Morgan fingerprint density at radius 1 is 1.32 bits per heavy atom. The molecule has 0 saturated heterocycles. The highest BCUT2D eigenvalue weighted by Crippen LogP contribution is 2.21. The fraction of sp³-hybridized carbons (Fsp3) is 0.333. The molecule has 25 heavy (non-hydrogen) atoms. The predicted molar refractivity (Wildman–Crippen MR) is 90.6 cm³/mol. The number of ether oxygens (including phenoxy) is 1. The second kappa shape index (κ2) is 8.20. The number of nitriles is 1. The molecule has 7 heteroatoms. The molecular formula is C18H19FN4O2. The number of nitrogens with one attached hydrogen (secondary N) is 1. The van der Waals surface area contributed by atoms with Crippen molar-refractivity contribution >= 4 is 11.8 Å². The first-order valence-electron chi connectivity index (χ1n) is 7.94. The van der Waals surface area contributed by atoms with Gasteiger partial charge in [-0.1, -0.05) is 13.8 Å². The maximum Gasteiger partial charge on any atom is 0.337 e. The predicted octanol–water partition coefficient (Wildman–Crippen LogP) is 3.01. The van der Waals surface area contributed by atoms with Gasteiger partial charge in [0.2, 0.25) is 0 Å². The molecule has 0 saturated carbocycles. The zero-order valence-electron chi connectivity index (χ0n) is 14.4. The summed E-state index contributed by atoms with van der Waals surface area (Å²) in [6, 6.07) is 6.12. The van der Waals surface area contributed by atoms with Crippen molar-refractivity contribution in [3.63, 3.8) is 0 Å². The minimum Gasteiger partial charge on any atom is -0.465 e. The third-order valence-electron chi connectivity index (χ3n) is 3.87. The molecule has 1 N–H and O–H groups in total. The lowest BCUT2D eigenvalue weighted by Crippen LogP contribution is -2.11. The first kappa shape index (κ1) is 18.3. The van der Waals surface area contributed by atoms with Crippen LogP contribution in [0.1, 0.15) is 46.6 Å². The molecule has 0 fully saturated rings. The van der Waals surface area contributed by atoms with Crippen molar-refractivity contribution in [2.24, 2.45) is 0 Å². The number of hydrogen-bond acceptors (Lipinski definition) is 6. The van der Waals surface area contributed by atoms with Crippen LogP contribution in [0.15, 0.2) is 18.2 Å². The summed E-state index contributed by atoms with van der Waals surface area (Å²) < 4.78 is 18.6. The van der Waals surface area contributed by atoms with Crippen LogP contribution in [0.5, 0.6) is 0 Å². The van der Waals surface area contributed by atoms with E-state index in [1.54, 1.807) is 0 Å². The van der Waals surface area contributed by atoms with E-state index in [9.17, 15) is 14.4 Å². The van der Waals surface area contributed by atoms with E-state index in [2.05, 4.69) is 26.3 Å². The number of halogens is 1. The van der Waals surface area contributed by atoms with Crippen molar-refractivity contribution < 1.29 is 13.9 Å². The summed E-state index contributed by atoms with van der Waals surface area (Å²) in [7, 11) is 1.26. The van der Waals surface area contributed by atoms with Gasteiger partial charge in [-0.15, -0.1) is 5.10 Å². The van der Waals surface area contributed by atoms with Gasteiger partial charge in [-0.05, 0) is 36.6 Å². The summed E-state index contributed by atoms with van der Waals surface area (Å²) in [4.78, 5) is 11.6. The first-order valence-corrected chi connectivity index (χ1v) is 7.94. The Labute approximate surface area is 145 Å². The van der Waals surface area contributed by atoms with Gasteiger partial charge >= 0.3 is 5.97 Å². The molecule has 1 heterocycles. The van der Waals surface area contributed by atoms with Crippen molar-refractivity contribution in [3.05, 3.63) is 52.0 Å². The highest BCUT2D eigenvalue weighted by Gasteiger charge is 2.15. The van der Waals surface area contributed by atoms with Crippen LogP contribution in [0.25, 0.3) is 0 Å². The van der Waals surface area contributed by atoms with Crippen LogP contribution in [0.2, 0.25) is 0 Å². The number of esters is 1. The number of nitrogens with zero attached hydrogens (tertiary/aromatic N) is 3. The fourth-order valence-corrected chi connectivity index (χ4v) is 2.55. The Bertz CT molecular complexity index is 831. The standard InChI is InChI=1S/C18H19FN4O2/c1-4-13-14(9-20)17(23-22-16(13)5-2)21-10-12-8-11(18(24)25-3)6-7-15(12)19/h6-8H,4-5,10H2,1-3H3,(H,21,23). The van der Waals surface area contributed by atoms with Crippen LogP contribution in [-0.2, 0) is 24.1 Å². The molecule has 0 aliphatic carbocycles. The monoisotopic (exact) mass is 342 g/mol. The minimum atomic E-state index is -0.542. The Balaban J connectivity index is 2.30. The molecule has 130 valence electrons. The molecule has 2 aromatic rings. The van der Waals surface area contributed by atoms with Crippen LogP contribution in [0, 0.1) is 17.1 Å². The third kappa shape index (κ3) is 3.91. The Morgan fingerprint density at radius 3 is 2.68 bits per heavy atom. The van der Waals surface area contributed by atoms with Crippen molar-refractivity contribution in [1.82, 2.24) is 10.2 Å². The van der Waals surface area contributed by atoms with Crippen molar-refractivity contribution in [2.75, 3.05) is 12.4 Å². The summed E-state index contributed by atoms with van der Waals surface area (Å²) in [5.41, 5.74) is 2.56. The molecule has 0 bridgehead atoms. The van der Waals surface area contributed by atoms with Gasteiger partial charge in [0.15, 0.2) is 5.82 Å². The van der Waals surface area contributed by atoms with Crippen LogP contribution < -0.4 is 5.32 Å². The number of methoxy groups -OCH3 is 1. The number of carbonyl (C=O) groups excluding carboxylic acids is 1. The zero-order valence-corrected chi connectivity index (χ0v) is 14.4. The molecule has 1 aromatic heterocycles. The number of aromatic nitrogens is 2. The Kier molecular flexibility index (Phi) is 6.01. The van der Waals surface area contributed by atoms with Gasteiger partial charge in [-0.3, -0.25) is 0 Å². The van der Waals surface area contributed by atoms with Crippen LogP contribution in [0.4, 0.5) is 10.2 Å². The second-order valence-electron chi connectivity index (χ2n) is 5.32. The molecular weight excluding hydrogens is 323 g/mol. The topological polar surface area (TPSA) is 87.9 Å². The Hall–Kier alpha value is -3.01. The molecule has 1 aromatic carbocycles. The maximum atomic E-state index is 14.0. The summed E-state index contributed by atoms with van der Waals surface area (Å²) >= 11 is 0. The van der Waals surface area contributed by atoms with E-state index >= 15 is 0 Å². The van der Waals surface area contributed by atoms with E-state index < -0.39 is 11.8 Å². The van der Waals surface area contributed by atoms with Crippen LogP contribution in [0.3, 0.4) is 0 Å². The summed E-state index contributed by atoms with van der Waals surface area (Å²) in [5, 5.41) is 20.6. The minimum absolute atomic E-state index is 0.0641. The Morgan fingerprint density at radius 2 is 2.08 bits per heavy atom. The molecule has 6 nitrogen and oxygen atoms in total. The number of aryl methyl sites for hydroxylation is 1. The lowest BCUT2D eigenvalue weighted by molar-refractivity contribution is 0.0600.